The maximum atomic E-state index is 11.6. The monoisotopic (exact) mass is 450 g/mol. The molecule has 4 N–H and O–H groups in total. The Balaban J connectivity index is 0.00000529. The van der Waals surface area contributed by atoms with Crippen LogP contribution in [0.5, 0.6) is 0 Å². The molecule has 0 aliphatic rings. The molecule has 0 saturated heterocycles. The molecular weight excluding hydrogens is 423 g/mol. The largest absolute Gasteiger partial charge is 0.396 e. The Morgan fingerprint density at radius 2 is 1.96 bits per heavy atom. The van der Waals surface area contributed by atoms with Crippen LogP contribution < -0.4 is 16.0 Å². The summed E-state index contributed by atoms with van der Waals surface area (Å²) < 4.78 is 4.86. The number of aliphatic hydroxyl groups is 1. The van der Waals surface area contributed by atoms with E-state index in [9.17, 15) is 9.90 Å². The zero-order valence-corrected chi connectivity index (χ0v) is 16.4. The molecule has 0 saturated carbocycles. The molecule has 1 rings (SSSR count). The lowest BCUT2D eigenvalue weighted by Gasteiger charge is -2.18. The highest BCUT2D eigenvalue weighted by atomic mass is 127. The molecule has 0 aromatic heterocycles. The third kappa shape index (κ3) is 9.04. The van der Waals surface area contributed by atoms with E-state index < -0.39 is 0 Å². The number of hydrogen-bond donors (Lipinski definition) is 4. The molecule has 0 radical (unpaired) electrons. The zero-order valence-electron chi connectivity index (χ0n) is 14.1. The van der Waals surface area contributed by atoms with E-state index in [1.54, 1.807) is 14.2 Å². The number of guanidine groups is 1. The Morgan fingerprint density at radius 3 is 2.54 bits per heavy atom. The van der Waals surface area contributed by atoms with Crippen molar-refractivity contribution in [3.05, 3.63) is 35.9 Å². The highest BCUT2D eigenvalue weighted by Crippen LogP contribution is 2.13. The van der Waals surface area contributed by atoms with Gasteiger partial charge in [-0.05, 0) is 5.56 Å². The second-order valence-corrected chi connectivity index (χ2v) is 4.94. The number of carbonyl (C=O) groups excluding carboxylic acids is 1. The average Bonchev–Trinajstić information content (AvgIpc) is 2.59. The van der Waals surface area contributed by atoms with Gasteiger partial charge in [0, 0.05) is 33.2 Å². The number of benzene rings is 1. The Morgan fingerprint density at radius 1 is 1.25 bits per heavy atom. The van der Waals surface area contributed by atoms with Crippen molar-refractivity contribution in [2.75, 3.05) is 47.0 Å². The van der Waals surface area contributed by atoms with Crippen molar-refractivity contribution in [2.24, 2.45) is 4.99 Å². The first kappa shape index (κ1) is 22.6. The number of methoxy groups -OCH3 is 1. The number of hydrogen-bond acceptors (Lipinski definition) is 4. The van der Waals surface area contributed by atoms with Gasteiger partial charge in [-0.15, -0.1) is 24.0 Å². The fourth-order valence-corrected chi connectivity index (χ4v) is 1.97. The smallest absolute Gasteiger partial charge is 0.239 e. The summed E-state index contributed by atoms with van der Waals surface area (Å²) in [6.07, 6.45) is 0. The van der Waals surface area contributed by atoms with Gasteiger partial charge in [-0.3, -0.25) is 9.79 Å². The highest BCUT2D eigenvalue weighted by molar-refractivity contribution is 14.0. The highest BCUT2D eigenvalue weighted by Gasteiger charge is 2.11. The van der Waals surface area contributed by atoms with E-state index in [0.29, 0.717) is 25.7 Å². The SMILES string of the molecule is CN=C(NCC(=O)NCCOC)NCC(CO)c1ccccc1.I. The predicted octanol–water partition coefficient (Wildman–Crippen LogP) is 0.308. The normalized spacial score (nSPS) is 12.0. The molecular formula is C16H27IN4O3. The summed E-state index contributed by atoms with van der Waals surface area (Å²) in [7, 11) is 3.22. The van der Waals surface area contributed by atoms with Crippen molar-refractivity contribution >= 4 is 35.8 Å². The second kappa shape index (κ2) is 14.0. The Bertz CT molecular complexity index is 485. The van der Waals surface area contributed by atoms with Crippen LogP contribution in [0.1, 0.15) is 11.5 Å². The van der Waals surface area contributed by atoms with Crippen molar-refractivity contribution in [1.29, 1.82) is 0 Å². The van der Waals surface area contributed by atoms with Gasteiger partial charge < -0.3 is 25.8 Å². The van der Waals surface area contributed by atoms with Crippen LogP contribution in [0.2, 0.25) is 0 Å². The molecule has 0 bridgehead atoms. The minimum absolute atomic E-state index is 0. The summed E-state index contributed by atoms with van der Waals surface area (Å²) in [6.45, 7) is 1.63. The zero-order chi connectivity index (χ0) is 16.9. The van der Waals surface area contributed by atoms with Gasteiger partial charge in [0.05, 0.1) is 19.8 Å². The lowest BCUT2D eigenvalue weighted by molar-refractivity contribution is -0.120. The van der Waals surface area contributed by atoms with Gasteiger partial charge in [0.2, 0.25) is 5.91 Å². The number of halogens is 1. The van der Waals surface area contributed by atoms with Gasteiger partial charge >= 0.3 is 0 Å². The first-order valence-corrected chi connectivity index (χ1v) is 7.57. The fraction of sp³-hybridized carbons (Fsp3) is 0.500. The quantitative estimate of drug-likeness (QED) is 0.188. The van der Waals surface area contributed by atoms with E-state index in [2.05, 4.69) is 20.9 Å². The lowest BCUT2D eigenvalue weighted by Crippen LogP contribution is -2.44. The molecule has 1 aromatic carbocycles. The topological polar surface area (TPSA) is 95.0 Å². The molecule has 7 nitrogen and oxygen atoms in total. The molecule has 0 aliphatic heterocycles. The molecule has 0 heterocycles. The summed E-state index contributed by atoms with van der Waals surface area (Å²) in [6, 6.07) is 9.77. The number of amides is 1. The second-order valence-electron chi connectivity index (χ2n) is 4.94. The summed E-state index contributed by atoms with van der Waals surface area (Å²) in [4.78, 5) is 15.7. The van der Waals surface area contributed by atoms with Crippen LogP contribution in [0.4, 0.5) is 0 Å². The van der Waals surface area contributed by atoms with Gasteiger partial charge in [0.25, 0.3) is 0 Å². The number of nitrogens with zero attached hydrogens (tertiary/aromatic N) is 1. The van der Waals surface area contributed by atoms with E-state index in [1.165, 1.54) is 0 Å². The number of nitrogens with one attached hydrogen (secondary N) is 3. The number of aliphatic hydroxyl groups excluding tert-OH is 1. The number of aliphatic imine (C=N–C) groups is 1. The molecule has 0 spiro atoms. The average molecular weight is 450 g/mol. The van der Waals surface area contributed by atoms with E-state index in [4.69, 9.17) is 4.74 Å². The van der Waals surface area contributed by atoms with Gasteiger partial charge in [-0.1, -0.05) is 30.3 Å². The summed E-state index contributed by atoms with van der Waals surface area (Å²) >= 11 is 0. The van der Waals surface area contributed by atoms with Crippen molar-refractivity contribution in [3.63, 3.8) is 0 Å². The molecule has 0 fully saturated rings. The van der Waals surface area contributed by atoms with E-state index in [1.807, 2.05) is 30.3 Å². The third-order valence-corrected chi connectivity index (χ3v) is 3.28. The first-order chi connectivity index (χ1) is 11.2. The molecule has 1 atom stereocenters. The van der Waals surface area contributed by atoms with Gasteiger partial charge in [0.15, 0.2) is 5.96 Å². The fourth-order valence-electron chi connectivity index (χ4n) is 1.97. The minimum Gasteiger partial charge on any atom is -0.396 e. The molecule has 0 aliphatic carbocycles. The molecule has 1 aromatic rings. The van der Waals surface area contributed by atoms with Crippen LogP contribution in [0.3, 0.4) is 0 Å². The van der Waals surface area contributed by atoms with Crippen molar-refractivity contribution in [3.8, 4) is 0 Å². The summed E-state index contributed by atoms with van der Waals surface area (Å²) in [5.41, 5.74) is 1.05. The molecule has 24 heavy (non-hydrogen) atoms. The molecule has 136 valence electrons. The predicted molar refractivity (Wildman–Crippen MR) is 106 cm³/mol. The molecule has 1 amide bonds. The maximum absolute atomic E-state index is 11.6. The van der Waals surface area contributed by atoms with Crippen LogP contribution in [0, 0.1) is 0 Å². The van der Waals surface area contributed by atoms with Crippen molar-refractivity contribution in [1.82, 2.24) is 16.0 Å². The van der Waals surface area contributed by atoms with Crippen LogP contribution in [-0.4, -0.2) is 64.0 Å². The van der Waals surface area contributed by atoms with Crippen LogP contribution >= 0.6 is 24.0 Å². The van der Waals surface area contributed by atoms with Crippen LogP contribution in [0.15, 0.2) is 35.3 Å². The van der Waals surface area contributed by atoms with Gasteiger partial charge in [0.1, 0.15) is 0 Å². The van der Waals surface area contributed by atoms with E-state index in [-0.39, 0.29) is 49.0 Å². The lowest BCUT2D eigenvalue weighted by atomic mass is 10.0. The van der Waals surface area contributed by atoms with Crippen LogP contribution in [-0.2, 0) is 9.53 Å². The van der Waals surface area contributed by atoms with Gasteiger partial charge in [-0.2, -0.15) is 0 Å². The van der Waals surface area contributed by atoms with Crippen LogP contribution in [0.25, 0.3) is 0 Å². The standard InChI is InChI=1S/C16H26N4O3.HI/c1-17-16(20-11-15(22)18-8-9-23-2)19-10-14(12-21)13-6-4-3-5-7-13;/h3-7,14,21H,8-12H2,1-2H3,(H,18,22)(H2,17,19,20);1H. The van der Waals surface area contributed by atoms with Gasteiger partial charge in [-0.25, -0.2) is 0 Å². The number of ether oxygens (including phenoxy) is 1. The minimum atomic E-state index is -0.133. The Hall–Kier alpha value is -1.39. The summed E-state index contributed by atoms with van der Waals surface area (Å²) in [5, 5.41) is 18.3. The van der Waals surface area contributed by atoms with E-state index >= 15 is 0 Å². The number of carbonyl (C=O) groups is 1. The Labute approximate surface area is 160 Å². The maximum Gasteiger partial charge on any atom is 0.239 e. The van der Waals surface area contributed by atoms with Crippen molar-refractivity contribution < 1.29 is 14.6 Å². The van der Waals surface area contributed by atoms with Crippen molar-refractivity contribution in [2.45, 2.75) is 5.92 Å². The molecule has 1 unspecified atom stereocenters. The van der Waals surface area contributed by atoms with E-state index in [0.717, 1.165) is 5.56 Å². The Kier molecular flexibility index (Phi) is 13.2. The first-order valence-electron chi connectivity index (χ1n) is 7.57. The third-order valence-electron chi connectivity index (χ3n) is 3.28. The summed E-state index contributed by atoms with van der Waals surface area (Å²) in [5.74, 6) is 0.346. The number of rotatable bonds is 9. The molecule has 8 heteroatoms.